The van der Waals surface area contributed by atoms with Crippen LogP contribution in [0.1, 0.15) is 113 Å². The fourth-order valence-corrected chi connectivity index (χ4v) is 6.90. The number of fused-ring (bicyclic) bond motifs is 3. The molecule has 0 spiro atoms. The van der Waals surface area contributed by atoms with Crippen molar-refractivity contribution < 1.29 is 57.9 Å². The first-order chi connectivity index (χ1) is 21.5. The fraction of sp³-hybridized carbons (Fsp3) is 0.735. The number of hydrogen-bond acceptors (Lipinski definition) is 12. The van der Waals surface area contributed by atoms with E-state index in [9.17, 15) is 34.2 Å². The highest BCUT2D eigenvalue weighted by Gasteiger charge is 2.76. The summed E-state index contributed by atoms with van der Waals surface area (Å²) in [5.41, 5.74) is -6.12. The van der Waals surface area contributed by atoms with Crippen LogP contribution in [-0.4, -0.2) is 81.3 Å². The standard InChI is InChI=1S/C34H50O12/c1-9-12-13-14-15-17-24(37)43-28-26-25(20(5)27(28)44-30(38)19(4)11-3)29-34(41,33(8,40)31(39)45-29)22(42-23(36)16-10-2)18-32(26,7)46-21(6)35/h11,22,26-29,40-41H,9-10,12-18H2,1-8H3/b19-11-/t22-,26+,27+,28-,29-,32+,33+,34-/m0/s1. The van der Waals surface area contributed by atoms with Crippen LogP contribution in [0, 0.1) is 5.92 Å². The molecule has 46 heavy (non-hydrogen) atoms. The van der Waals surface area contributed by atoms with E-state index in [0.717, 1.165) is 32.6 Å². The second-order valence-electron chi connectivity index (χ2n) is 13.1. The van der Waals surface area contributed by atoms with Gasteiger partial charge < -0.3 is 33.9 Å². The van der Waals surface area contributed by atoms with Crippen molar-refractivity contribution >= 4 is 29.8 Å². The van der Waals surface area contributed by atoms with Gasteiger partial charge in [0.1, 0.15) is 11.7 Å². The van der Waals surface area contributed by atoms with E-state index >= 15 is 0 Å². The van der Waals surface area contributed by atoms with Gasteiger partial charge in [-0.3, -0.25) is 14.4 Å². The van der Waals surface area contributed by atoms with Crippen LogP contribution >= 0.6 is 0 Å². The van der Waals surface area contributed by atoms with Gasteiger partial charge in [0.15, 0.2) is 29.5 Å². The summed E-state index contributed by atoms with van der Waals surface area (Å²) in [5.74, 6) is -5.03. The Bertz CT molecular complexity index is 1260. The van der Waals surface area contributed by atoms with E-state index < -0.39 is 83.4 Å². The topological polar surface area (TPSA) is 172 Å². The van der Waals surface area contributed by atoms with E-state index in [1.807, 2.05) is 0 Å². The third-order valence-electron chi connectivity index (χ3n) is 9.51. The number of unbranched alkanes of at least 4 members (excludes halogenated alkanes) is 4. The van der Waals surface area contributed by atoms with Gasteiger partial charge in [0.25, 0.3) is 0 Å². The lowest BCUT2D eigenvalue weighted by Crippen LogP contribution is -2.64. The number of allylic oxidation sites excluding steroid dienone is 1. The van der Waals surface area contributed by atoms with Crippen molar-refractivity contribution in [3.63, 3.8) is 0 Å². The third kappa shape index (κ3) is 7.02. The Balaban J connectivity index is 2.23. The Labute approximate surface area is 270 Å². The van der Waals surface area contributed by atoms with E-state index in [4.69, 9.17) is 23.7 Å². The molecule has 12 nitrogen and oxygen atoms in total. The maximum Gasteiger partial charge on any atom is 0.341 e. The van der Waals surface area contributed by atoms with E-state index in [0.29, 0.717) is 12.8 Å². The summed E-state index contributed by atoms with van der Waals surface area (Å²) in [4.78, 5) is 65.1. The highest BCUT2D eigenvalue weighted by molar-refractivity contribution is 5.88. The van der Waals surface area contributed by atoms with E-state index in [2.05, 4.69) is 6.92 Å². The molecule has 0 amide bonds. The second kappa shape index (κ2) is 14.7. The summed E-state index contributed by atoms with van der Waals surface area (Å²) in [6.07, 6.45) is 0.272. The molecular weight excluding hydrogens is 600 g/mol. The molecule has 1 aliphatic heterocycles. The van der Waals surface area contributed by atoms with Gasteiger partial charge in [-0.1, -0.05) is 45.6 Å². The normalized spacial score (nSPS) is 33.8. The lowest BCUT2D eigenvalue weighted by atomic mass is 9.75. The van der Waals surface area contributed by atoms with Gasteiger partial charge >= 0.3 is 29.8 Å². The third-order valence-corrected chi connectivity index (χ3v) is 9.51. The largest absolute Gasteiger partial charge is 0.459 e. The van der Waals surface area contributed by atoms with Crippen molar-refractivity contribution in [1.82, 2.24) is 0 Å². The summed E-state index contributed by atoms with van der Waals surface area (Å²) in [5, 5.41) is 23.9. The van der Waals surface area contributed by atoms with Gasteiger partial charge in [-0.2, -0.15) is 0 Å². The van der Waals surface area contributed by atoms with Gasteiger partial charge in [-0.15, -0.1) is 0 Å². The first kappa shape index (κ1) is 37.2. The predicted molar refractivity (Wildman–Crippen MR) is 164 cm³/mol. The fourth-order valence-electron chi connectivity index (χ4n) is 6.90. The molecule has 3 rings (SSSR count). The molecule has 258 valence electrons. The van der Waals surface area contributed by atoms with Crippen LogP contribution in [0.2, 0.25) is 0 Å². The Morgan fingerprint density at radius 2 is 1.57 bits per heavy atom. The number of ether oxygens (including phenoxy) is 5. The number of rotatable bonds is 13. The molecule has 0 aromatic heterocycles. The monoisotopic (exact) mass is 650 g/mol. The first-order valence-electron chi connectivity index (χ1n) is 16.3. The van der Waals surface area contributed by atoms with E-state index in [-0.39, 0.29) is 29.6 Å². The van der Waals surface area contributed by atoms with Crippen LogP contribution < -0.4 is 0 Å². The SMILES string of the molecule is C/C=C(/C)C(=O)O[C@@H]1C(C)=C2[C@H]([C@@H]1OC(=O)CCCCCCC)[C@](C)(OC(C)=O)C[C@H](OC(=O)CCC)[C@]1(O)[C@H]2OC(=O)[C@@]1(C)O. The van der Waals surface area contributed by atoms with E-state index in [1.165, 1.54) is 13.8 Å². The molecular formula is C34H50O12. The quantitative estimate of drug-likeness (QED) is 0.0969. The number of aliphatic hydroxyl groups is 2. The Morgan fingerprint density at radius 1 is 0.935 bits per heavy atom. The molecule has 8 atom stereocenters. The van der Waals surface area contributed by atoms with Crippen molar-refractivity contribution in [2.24, 2.45) is 5.92 Å². The molecule has 0 radical (unpaired) electrons. The zero-order valence-corrected chi connectivity index (χ0v) is 28.3. The number of carbonyl (C=O) groups is 5. The molecule has 3 aliphatic rings. The smallest absolute Gasteiger partial charge is 0.341 e. The lowest BCUT2D eigenvalue weighted by molar-refractivity contribution is -0.212. The summed E-state index contributed by atoms with van der Waals surface area (Å²) in [7, 11) is 0. The van der Waals surface area contributed by atoms with Crippen molar-refractivity contribution in [3.05, 3.63) is 22.8 Å². The van der Waals surface area contributed by atoms with Crippen molar-refractivity contribution in [2.75, 3.05) is 0 Å². The zero-order chi connectivity index (χ0) is 34.6. The Kier molecular flexibility index (Phi) is 11.9. The first-order valence-corrected chi connectivity index (χ1v) is 16.3. The maximum absolute atomic E-state index is 13.3. The molecule has 0 bridgehead atoms. The average molecular weight is 651 g/mol. The average Bonchev–Trinajstić information content (AvgIpc) is 3.30. The van der Waals surface area contributed by atoms with Gasteiger partial charge in [0.05, 0.1) is 5.92 Å². The number of hydrogen-bond donors (Lipinski definition) is 2. The highest BCUT2D eigenvalue weighted by atomic mass is 16.6. The van der Waals surface area contributed by atoms with Crippen LogP contribution in [0.5, 0.6) is 0 Å². The van der Waals surface area contributed by atoms with Gasteiger partial charge in [0.2, 0.25) is 0 Å². The van der Waals surface area contributed by atoms with Gasteiger partial charge in [-0.25, -0.2) is 9.59 Å². The van der Waals surface area contributed by atoms with Gasteiger partial charge in [0, 0.05) is 31.8 Å². The lowest BCUT2D eigenvalue weighted by Gasteiger charge is -2.41. The molecule has 0 aromatic rings. The molecule has 2 N–H and O–H groups in total. The molecule has 2 aliphatic carbocycles. The van der Waals surface area contributed by atoms with Crippen LogP contribution in [0.25, 0.3) is 0 Å². The molecule has 1 saturated carbocycles. The molecule has 0 aromatic carbocycles. The van der Waals surface area contributed by atoms with Crippen LogP contribution in [0.15, 0.2) is 22.8 Å². The number of esters is 5. The Morgan fingerprint density at radius 3 is 2.15 bits per heavy atom. The van der Waals surface area contributed by atoms with Gasteiger partial charge in [-0.05, 0) is 58.6 Å². The molecule has 1 saturated heterocycles. The van der Waals surface area contributed by atoms with Crippen molar-refractivity contribution in [1.29, 1.82) is 0 Å². The predicted octanol–water partition coefficient (Wildman–Crippen LogP) is 3.93. The summed E-state index contributed by atoms with van der Waals surface area (Å²) >= 11 is 0. The maximum atomic E-state index is 13.3. The van der Waals surface area contributed by atoms with Crippen LogP contribution in [0.4, 0.5) is 0 Å². The van der Waals surface area contributed by atoms with Crippen molar-refractivity contribution in [2.45, 2.75) is 154 Å². The number of carbonyl (C=O) groups excluding carboxylic acids is 5. The van der Waals surface area contributed by atoms with Crippen molar-refractivity contribution in [3.8, 4) is 0 Å². The summed E-state index contributed by atoms with van der Waals surface area (Å²) in [6.45, 7) is 12.4. The zero-order valence-electron chi connectivity index (χ0n) is 28.3. The molecule has 1 heterocycles. The minimum Gasteiger partial charge on any atom is -0.459 e. The van der Waals surface area contributed by atoms with Crippen LogP contribution in [-0.2, 0) is 47.7 Å². The molecule has 12 heteroatoms. The minimum atomic E-state index is -2.57. The summed E-state index contributed by atoms with van der Waals surface area (Å²) < 4.78 is 29.3. The van der Waals surface area contributed by atoms with E-state index in [1.54, 1.807) is 33.8 Å². The second-order valence-corrected chi connectivity index (χ2v) is 13.1. The van der Waals surface area contributed by atoms with Crippen LogP contribution in [0.3, 0.4) is 0 Å². The Hall–Kier alpha value is -3.25. The summed E-state index contributed by atoms with van der Waals surface area (Å²) in [6, 6.07) is 0. The molecule has 0 unspecified atom stereocenters. The minimum absolute atomic E-state index is 0.0234. The molecule has 2 fully saturated rings. The highest BCUT2D eigenvalue weighted by Crippen LogP contribution is 2.57.